The van der Waals surface area contributed by atoms with Crippen molar-refractivity contribution in [2.45, 2.75) is 70.5 Å². The maximum absolute atomic E-state index is 12.1. The van der Waals surface area contributed by atoms with Crippen molar-refractivity contribution in [1.29, 1.82) is 0 Å². The Bertz CT molecular complexity index is 347. The highest BCUT2D eigenvalue weighted by Gasteiger charge is 2.26. The van der Waals surface area contributed by atoms with Crippen LogP contribution in [0.25, 0.3) is 0 Å². The van der Waals surface area contributed by atoms with Gasteiger partial charge in [0.1, 0.15) is 6.29 Å². The fourth-order valence-electron chi connectivity index (χ4n) is 3.25. The third kappa shape index (κ3) is 5.72. The molecule has 7 nitrogen and oxygen atoms in total. The number of carbonyl (C=O) groups is 1. The molecule has 1 aliphatic heterocycles. The maximum atomic E-state index is 12.1. The van der Waals surface area contributed by atoms with Crippen LogP contribution in [0.4, 0.5) is 4.79 Å². The van der Waals surface area contributed by atoms with E-state index in [1.54, 1.807) is 0 Å². The second-order valence-corrected chi connectivity index (χ2v) is 6.71. The molecule has 1 saturated carbocycles. The number of urea groups is 1. The average molecular weight is 313 g/mol. The molecule has 6 N–H and O–H groups in total. The minimum absolute atomic E-state index is 0.0873. The summed E-state index contributed by atoms with van der Waals surface area (Å²) < 4.78 is 0. The average Bonchev–Trinajstić information content (AvgIpc) is 2.47. The zero-order valence-electron chi connectivity index (χ0n) is 13.7. The molecule has 128 valence electrons. The second-order valence-electron chi connectivity index (χ2n) is 6.71. The first-order chi connectivity index (χ1) is 10.6. The molecular formula is C15H31N5O2. The largest absolute Gasteiger partial charge is 0.395 e. The lowest BCUT2D eigenvalue weighted by Crippen LogP contribution is -2.68. The van der Waals surface area contributed by atoms with Crippen LogP contribution < -0.4 is 26.6 Å². The summed E-state index contributed by atoms with van der Waals surface area (Å²) in [6.45, 7) is 5.01. The van der Waals surface area contributed by atoms with Crippen molar-refractivity contribution in [3.05, 3.63) is 0 Å². The molecule has 1 heterocycles. The minimum Gasteiger partial charge on any atom is -0.395 e. The van der Waals surface area contributed by atoms with E-state index < -0.39 is 0 Å². The molecule has 0 aromatic carbocycles. The van der Waals surface area contributed by atoms with E-state index in [1.165, 1.54) is 12.8 Å². The Morgan fingerprint density at radius 3 is 2.55 bits per heavy atom. The summed E-state index contributed by atoms with van der Waals surface area (Å²) >= 11 is 0. The fourth-order valence-corrected chi connectivity index (χ4v) is 3.25. The number of aliphatic hydroxyl groups excluding tert-OH is 1. The van der Waals surface area contributed by atoms with Crippen molar-refractivity contribution in [2.75, 3.05) is 13.2 Å². The van der Waals surface area contributed by atoms with Crippen LogP contribution in [-0.4, -0.2) is 48.8 Å². The Morgan fingerprint density at radius 2 is 1.86 bits per heavy atom. The lowest BCUT2D eigenvalue weighted by Gasteiger charge is -2.37. The quantitative estimate of drug-likeness (QED) is 0.430. The van der Waals surface area contributed by atoms with Crippen LogP contribution >= 0.6 is 0 Å². The van der Waals surface area contributed by atoms with E-state index in [1.807, 2.05) is 0 Å². The summed E-state index contributed by atoms with van der Waals surface area (Å²) in [5, 5.41) is 24.7. The summed E-state index contributed by atoms with van der Waals surface area (Å²) in [5.41, 5.74) is 0. The van der Waals surface area contributed by atoms with Gasteiger partial charge < -0.3 is 15.7 Å². The maximum Gasteiger partial charge on any atom is 0.317 e. The Balaban J connectivity index is 1.72. The monoisotopic (exact) mass is 313 g/mol. The van der Waals surface area contributed by atoms with Gasteiger partial charge in [0.05, 0.1) is 12.8 Å². The second kappa shape index (κ2) is 8.67. The smallest absolute Gasteiger partial charge is 0.317 e. The molecule has 2 amide bonds. The highest BCUT2D eigenvalue weighted by atomic mass is 16.3. The van der Waals surface area contributed by atoms with Gasteiger partial charge >= 0.3 is 6.03 Å². The number of amides is 2. The van der Waals surface area contributed by atoms with Crippen LogP contribution in [-0.2, 0) is 0 Å². The predicted octanol–water partition coefficient (Wildman–Crippen LogP) is 0.0273. The minimum atomic E-state index is -0.262. The number of hydrogen-bond acceptors (Lipinski definition) is 5. The molecule has 1 aliphatic carbocycles. The molecule has 2 aliphatic rings. The molecule has 22 heavy (non-hydrogen) atoms. The van der Waals surface area contributed by atoms with Crippen molar-refractivity contribution in [3.63, 3.8) is 0 Å². The van der Waals surface area contributed by atoms with Crippen LogP contribution in [0.3, 0.4) is 0 Å². The third-order valence-corrected chi connectivity index (χ3v) is 4.54. The molecule has 3 unspecified atom stereocenters. The molecule has 0 aromatic rings. The van der Waals surface area contributed by atoms with Crippen molar-refractivity contribution in [1.82, 2.24) is 26.6 Å². The van der Waals surface area contributed by atoms with Crippen molar-refractivity contribution < 1.29 is 9.90 Å². The van der Waals surface area contributed by atoms with Crippen molar-refractivity contribution in [2.24, 2.45) is 5.92 Å². The van der Waals surface area contributed by atoms with Gasteiger partial charge in [0.2, 0.25) is 0 Å². The number of rotatable bonds is 5. The van der Waals surface area contributed by atoms with Crippen LogP contribution in [0, 0.1) is 5.92 Å². The number of nitrogens with one attached hydrogen (secondary N) is 5. The molecular weight excluding hydrogens is 282 g/mol. The van der Waals surface area contributed by atoms with E-state index in [-0.39, 0.29) is 25.1 Å². The Morgan fingerprint density at radius 1 is 1.14 bits per heavy atom. The summed E-state index contributed by atoms with van der Waals surface area (Å²) in [6, 6.07) is 0.457. The zero-order chi connectivity index (χ0) is 15.9. The Hall–Kier alpha value is -0.890. The highest BCUT2D eigenvalue weighted by Crippen LogP contribution is 2.23. The first-order valence-corrected chi connectivity index (χ1v) is 8.50. The van der Waals surface area contributed by atoms with E-state index in [0.717, 1.165) is 25.2 Å². The standard InChI is InChI=1S/C15H31N5O2/c1-10-3-5-12(6-4-10)18-15(22)20-14-17-11(2)9-13(19-14)16-7-8-21/h10-14,16-17,19,21H,3-9H2,1-2H3,(H2,18,20,22). The van der Waals surface area contributed by atoms with Gasteiger partial charge in [0.15, 0.2) is 0 Å². The SMILES string of the molecule is CC1CCC(NC(=O)NC2NC(C)CC(NCCO)N2)CC1. The Kier molecular flexibility index (Phi) is 6.88. The lowest BCUT2D eigenvalue weighted by molar-refractivity contribution is 0.177. The molecule has 0 spiro atoms. The molecule has 0 bridgehead atoms. The summed E-state index contributed by atoms with van der Waals surface area (Å²) in [7, 11) is 0. The fraction of sp³-hybridized carbons (Fsp3) is 0.933. The molecule has 2 rings (SSSR count). The number of aliphatic hydroxyl groups is 1. The van der Waals surface area contributed by atoms with Gasteiger partial charge in [-0.05, 0) is 44.9 Å². The van der Waals surface area contributed by atoms with Crippen LogP contribution in [0.1, 0.15) is 46.0 Å². The van der Waals surface area contributed by atoms with Gasteiger partial charge in [0.25, 0.3) is 0 Å². The summed E-state index contributed by atoms with van der Waals surface area (Å²) in [6.07, 6.45) is 5.24. The number of carbonyl (C=O) groups excluding carboxylic acids is 1. The van der Waals surface area contributed by atoms with Crippen LogP contribution in [0.15, 0.2) is 0 Å². The van der Waals surface area contributed by atoms with Gasteiger partial charge in [-0.3, -0.25) is 16.0 Å². The van der Waals surface area contributed by atoms with E-state index >= 15 is 0 Å². The molecule has 1 saturated heterocycles. The van der Waals surface area contributed by atoms with Crippen LogP contribution in [0.5, 0.6) is 0 Å². The Labute approximate surface area is 133 Å². The van der Waals surface area contributed by atoms with E-state index in [4.69, 9.17) is 5.11 Å². The molecule has 0 aromatic heterocycles. The normalized spacial score (nSPS) is 35.9. The van der Waals surface area contributed by atoms with Gasteiger partial charge in [0, 0.05) is 18.6 Å². The van der Waals surface area contributed by atoms with E-state index in [0.29, 0.717) is 18.6 Å². The molecule has 7 heteroatoms. The number of hydrogen-bond donors (Lipinski definition) is 6. The van der Waals surface area contributed by atoms with Crippen molar-refractivity contribution >= 4 is 6.03 Å². The molecule has 3 atom stereocenters. The molecule has 2 fully saturated rings. The lowest BCUT2D eigenvalue weighted by atomic mass is 9.87. The third-order valence-electron chi connectivity index (χ3n) is 4.54. The summed E-state index contributed by atoms with van der Waals surface area (Å²) in [5.74, 6) is 0.780. The van der Waals surface area contributed by atoms with Gasteiger partial charge in [-0.25, -0.2) is 4.79 Å². The molecule has 0 radical (unpaired) electrons. The first kappa shape index (κ1) is 17.5. The highest BCUT2D eigenvalue weighted by molar-refractivity contribution is 5.74. The van der Waals surface area contributed by atoms with Crippen molar-refractivity contribution in [3.8, 4) is 0 Å². The van der Waals surface area contributed by atoms with Gasteiger partial charge in [-0.15, -0.1) is 0 Å². The summed E-state index contributed by atoms with van der Waals surface area (Å²) in [4.78, 5) is 12.1. The van der Waals surface area contributed by atoms with E-state index in [9.17, 15) is 4.79 Å². The first-order valence-electron chi connectivity index (χ1n) is 8.50. The topological polar surface area (TPSA) is 97.5 Å². The van der Waals surface area contributed by atoms with Gasteiger partial charge in [-0.2, -0.15) is 0 Å². The van der Waals surface area contributed by atoms with Crippen LogP contribution in [0.2, 0.25) is 0 Å². The predicted molar refractivity (Wildman–Crippen MR) is 86.1 cm³/mol. The van der Waals surface area contributed by atoms with Gasteiger partial charge in [-0.1, -0.05) is 6.92 Å². The zero-order valence-corrected chi connectivity index (χ0v) is 13.7. The van der Waals surface area contributed by atoms with E-state index in [2.05, 4.69) is 40.4 Å².